The lowest BCUT2D eigenvalue weighted by atomic mass is 10.1. The molecule has 3 nitrogen and oxygen atoms in total. The minimum absolute atomic E-state index is 0.0118. The van der Waals surface area contributed by atoms with Gasteiger partial charge in [-0.1, -0.05) is 24.3 Å². The Morgan fingerprint density at radius 1 is 1.10 bits per heavy atom. The highest BCUT2D eigenvalue weighted by Gasteiger charge is 2.28. The molecule has 5 heteroatoms. The Morgan fingerprint density at radius 2 is 1.71 bits per heavy atom. The fourth-order valence-corrected chi connectivity index (χ4v) is 2.66. The first-order valence-corrected chi connectivity index (χ1v) is 6.67. The van der Waals surface area contributed by atoms with Crippen LogP contribution in [0.4, 0.5) is 20.2 Å². The molecule has 0 bridgehead atoms. The summed E-state index contributed by atoms with van der Waals surface area (Å²) in [6.07, 6.45) is 1.19. The number of amides is 1. The topological polar surface area (TPSA) is 55.1 Å². The molecule has 1 aliphatic rings. The third kappa shape index (κ3) is 2.46. The summed E-state index contributed by atoms with van der Waals surface area (Å²) in [4.78, 5) is 12.2. The van der Waals surface area contributed by atoms with Gasteiger partial charge >= 0.3 is 0 Å². The van der Waals surface area contributed by atoms with Gasteiger partial charge in [-0.25, -0.2) is 8.78 Å². The van der Waals surface area contributed by atoms with E-state index in [1.165, 1.54) is 6.07 Å². The normalized spacial score (nSPS) is 14.0. The fourth-order valence-electron chi connectivity index (χ4n) is 2.66. The molecule has 0 heterocycles. The molecule has 0 fully saturated rings. The fraction of sp³-hybridized carbons (Fsp3) is 0.188. The first-order chi connectivity index (χ1) is 10.1. The monoisotopic (exact) mass is 288 g/mol. The molecule has 2 aromatic rings. The van der Waals surface area contributed by atoms with Crippen molar-refractivity contribution in [2.75, 3.05) is 11.1 Å². The van der Waals surface area contributed by atoms with Gasteiger partial charge in [-0.05, 0) is 36.1 Å². The maximum Gasteiger partial charge on any atom is 0.228 e. The second-order valence-corrected chi connectivity index (χ2v) is 5.19. The van der Waals surface area contributed by atoms with Crippen molar-refractivity contribution in [3.8, 4) is 0 Å². The van der Waals surface area contributed by atoms with E-state index in [-0.39, 0.29) is 23.2 Å². The highest BCUT2D eigenvalue weighted by atomic mass is 19.2. The van der Waals surface area contributed by atoms with E-state index in [1.807, 2.05) is 24.3 Å². The third-order valence-electron chi connectivity index (χ3n) is 3.80. The van der Waals surface area contributed by atoms with Crippen LogP contribution in [0, 0.1) is 17.6 Å². The summed E-state index contributed by atoms with van der Waals surface area (Å²) in [6.45, 7) is 0. The van der Waals surface area contributed by atoms with Crippen LogP contribution in [0.3, 0.4) is 0 Å². The van der Waals surface area contributed by atoms with Crippen LogP contribution in [-0.4, -0.2) is 5.91 Å². The Bertz CT molecular complexity index is 690. The van der Waals surface area contributed by atoms with Gasteiger partial charge in [-0.3, -0.25) is 4.79 Å². The minimum atomic E-state index is -1.13. The molecular weight excluding hydrogens is 274 g/mol. The Labute approximate surface area is 120 Å². The van der Waals surface area contributed by atoms with Gasteiger partial charge in [0, 0.05) is 5.92 Å². The maximum absolute atomic E-state index is 13.7. The molecule has 3 N–H and O–H groups in total. The largest absolute Gasteiger partial charge is 0.397 e. The SMILES string of the molecule is Nc1ccc(F)c(F)c1NC(=O)C1Cc2ccccc2C1. The van der Waals surface area contributed by atoms with Crippen LogP contribution in [0.1, 0.15) is 11.1 Å². The highest BCUT2D eigenvalue weighted by molar-refractivity contribution is 5.96. The summed E-state index contributed by atoms with van der Waals surface area (Å²) in [5.41, 5.74) is 7.56. The summed E-state index contributed by atoms with van der Waals surface area (Å²) in [7, 11) is 0. The average molecular weight is 288 g/mol. The molecule has 1 amide bonds. The van der Waals surface area contributed by atoms with Crippen LogP contribution in [0.15, 0.2) is 36.4 Å². The number of fused-ring (bicyclic) bond motifs is 1. The van der Waals surface area contributed by atoms with Gasteiger partial charge in [0.2, 0.25) is 5.91 Å². The number of halogens is 2. The highest BCUT2D eigenvalue weighted by Crippen LogP contribution is 2.29. The van der Waals surface area contributed by atoms with Crippen molar-refractivity contribution in [3.05, 3.63) is 59.2 Å². The number of nitrogens with one attached hydrogen (secondary N) is 1. The zero-order valence-electron chi connectivity index (χ0n) is 11.2. The number of benzene rings is 2. The van der Waals surface area contributed by atoms with E-state index in [0.717, 1.165) is 17.2 Å². The van der Waals surface area contributed by atoms with Gasteiger partial charge in [0.05, 0.1) is 5.69 Å². The second kappa shape index (κ2) is 5.16. The molecule has 0 unspecified atom stereocenters. The number of nitrogen functional groups attached to an aromatic ring is 1. The molecule has 2 aromatic carbocycles. The standard InChI is InChI=1S/C16H14F2N2O/c17-12-5-6-13(19)15(14(12)18)20-16(21)11-7-9-3-1-2-4-10(9)8-11/h1-6,11H,7-8,19H2,(H,20,21). The van der Waals surface area contributed by atoms with Gasteiger partial charge in [0.25, 0.3) is 0 Å². The molecule has 0 saturated carbocycles. The third-order valence-corrected chi connectivity index (χ3v) is 3.80. The quantitative estimate of drug-likeness (QED) is 0.835. The predicted octanol–water partition coefficient (Wildman–Crippen LogP) is 2.90. The van der Waals surface area contributed by atoms with E-state index in [9.17, 15) is 13.6 Å². The summed E-state index contributed by atoms with van der Waals surface area (Å²) >= 11 is 0. The lowest BCUT2D eigenvalue weighted by Crippen LogP contribution is -2.24. The summed E-state index contributed by atoms with van der Waals surface area (Å²) < 4.78 is 26.9. The van der Waals surface area contributed by atoms with E-state index < -0.39 is 11.6 Å². The first kappa shape index (κ1) is 13.5. The Kier molecular flexibility index (Phi) is 3.33. The molecule has 0 atom stereocenters. The van der Waals surface area contributed by atoms with Crippen molar-refractivity contribution in [1.29, 1.82) is 0 Å². The molecule has 0 saturated heterocycles. The number of carbonyl (C=O) groups is 1. The van der Waals surface area contributed by atoms with E-state index >= 15 is 0 Å². The number of rotatable bonds is 2. The number of nitrogens with two attached hydrogens (primary N) is 1. The number of hydrogen-bond acceptors (Lipinski definition) is 2. The molecule has 3 rings (SSSR count). The first-order valence-electron chi connectivity index (χ1n) is 6.67. The van der Waals surface area contributed by atoms with Gasteiger partial charge in [-0.2, -0.15) is 0 Å². The molecule has 0 aromatic heterocycles. The van der Waals surface area contributed by atoms with Crippen LogP contribution < -0.4 is 11.1 Å². The smallest absolute Gasteiger partial charge is 0.228 e. The van der Waals surface area contributed by atoms with E-state index in [2.05, 4.69) is 5.32 Å². The summed E-state index contributed by atoms with van der Waals surface area (Å²) in [5, 5.41) is 2.42. The van der Waals surface area contributed by atoms with E-state index in [0.29, 0.717) is 12.8 Å². The van der Waals surface area contributed by atoms with Crippen molar-refractivity contribution < 1.29 is 13.6 Å². The number of anilines is 2. The Hall–Kier alpha value is -2.43. The average Bonchev–Trinajstić information content (AvgIpc) is 2.91. The van der Waals surface area contributed by atoms with Crippen molar-refractivity contribution in [3.63, 3.8) is 0 Å². The van der Waals surface area contributed by atoms with Crippen molar-refractivity contribution in [2.45, 2.75) is 12.8 Å². The van der Waals surface area contributed by atoms with Gasteiger partial charge in [-0.15, -0.1) is 0 Å². The van der Waals surface area contributed by atoms with E-state index in [1.54, 1.807) is 0 Å². The van der Waals surface area contributed by atoms with Crippen LogP contribution in [0.2, 0.25) is 0 Å². The lowest BCUT2D eigenvalue weighted by Gasteiger charge is -2.13. The van der Waals surface area contributed by atoms with Crippen LogP contribution in [0.5, 0.6) is 0 Å². The second-order valence-electron chi connectivity index (χ2n) is 5.19. The number of carbonyl (C=O) groups excluding carboxylic acids is 1. The molecule has 108 valence electrons. The van der Waals surface area contributed by atoms with Crippen LogP contribution >= 0.6 is 0 Å². The van der Waals surface area contributed by atoms with Gasteiger partial charge < -0.3 is 11.1 Å². The maximum atomic E-state index is 13.7. The molecule has 0 spiro atoms. The van der Waals surface area contributed by atoms with E-state index in [4.69, 9.17) is 5.73 Å². The minimum Gasteiger partial charge on any atom is -0.397 e. The molecule has 1 aliphatic carbocycles. The number of hydrogen-bond donors (Lipinski definition) is 2. The van der Waals surface area contributed by atoms with Crippen LogP contribution in [0.25, 0.3) is 0 Å². The molecule has 21 heavy (non-hydrogen) atoms. The summed E-state index contributed by atoms with van der Waals surface area (Å²) in [5.74, 6) is -2.79. The Balaban J connectivity index is 1.79. The van der Waals surface area contributed by atoms with Crippen molar-refractivity contribution in [1.82, 2.24) is 0 Å². The lowest BCUT2D eigenvalue weighted by molar-refractivity contribution is -0.119. The van der Waals surface area contributed by atoms with Gasteiger partial charge in [0.1, 0.15) is 5.69 Å². The van der Waals surface area contributed by atoms with Crippen LogP contribution in [-0.2, 0) is 17.6 Å². The zero-order valence-corrected chi connectivity index (χ0v) is 11.2. The van der Waals surface area contributed by atoms with Crippen molar-refractivity contribution in [2.24, 2.45) is 5.92 Å². The predicted molar refractivity (Wildman–Crippen MR) is 76.7 cm³/mol. The molecule has 0 radical (unpaired) electrons. The van der Waals surface area contributed by atoms with Crippen molar-refractivity contribution >= 4 is 17.3 Å². The van der Waals surface area contributed by atoms with Gasteiger partial charge in [0.15, 0.2) is 11.6 Å². The Morgan fingerprint density at radius 3 is 2.33 bits per heavy atom. The summed E-state index contributed by atoms with van der Waals surface area (Å²) in [6, 6.07) is 9.95. The molecule has 0 aliphatic heterocycles. The molecular formula is C16H14F2N2O. The zero-order chi connectivity index (χ0) is 15.0.